The first-order valence-corrected chi connectivity index (χ1v) is 7.44. The largest absolute Gasteiger partial charge is 0.374 e. The van der Waals surface area contributed by atoms with Crippen molar-refractivity contribution in [3.05, 3.63) is 35.4 Å². The highest BCUT2D eigenvalue weighted by molar-refractivity contribution is 7.92. The lowest BCUT2D eigenvalue weighted by Crippen LogP contribution is -2.31. The van der Waals surface area contributed by atoms with Gasteiger partial charge < -0.3 is 10.5 Å². The van der Waals surface area contributed by atoms with E-state index in [0.717, 1.165) is 11.1 Å². The summed E-state index contributed by atoms with van der Waals surface area (Å²) >= 11 is 1.23. The SMILES string of the molecule is C[C@H](NSOC(C)(C)C)c1cccc(/C(=N/CO)NN)c1. The van der Waals surface area contributed by atoms with Crippen LogP contribution >= 0.6 is 12.2 Å². The van der Waals surface area contributed by atoms with Crippen LogP contribution in [-0.2, 0) is 4.18 Å². The molecule has 0 saturated carbocycles. The Morgan fingerprint density at radius 3 is 2.76 bits per heavy atom. The van der Waals surface area contributed by atoms with E-state index in [2.05, 4.69) is 15.1 Å². The van der Waals surface area contributed by atoms with E-state index in [1.807, 2.05) is 52.0 Å². The Hall–Kier alpha value is -1.12. The van der Waals surface area contributed by atoms with Gasteiger partial charge in [-0.15, -0.1) is 0 Å². The van der Waals surface area contributed by atoms with Gasteiger partial charge in [-0.25, -0.2) is 15.6 Å². The molecule has 0 aliphatic rings. The van der Waals surface area contributed by atoms with Crippen LogP contribution in [0.25, 0.3) is 0 Å². The fourth-order valence-electron chi connectivity index (χ4n) is 1.54. The number of benzene rings is 1. The maximum Gasteiger partial charge on any atom is 0.144 e. The highest BCUT2D eigenvalue weighted by Gasteiger charge is 2.13. The molecule has 7 heteroatoms. The zero-order valence-electron chi connectivity index (χ0n) is 12.9. The summed E-state index contributed by atoms with van der Waals surface area (Å²) in [4.78, 5) is 3.89. The standard InChI is InChI=1S/C14H24N4O2S/c1-10(18-21-20-14(2,3)4)11-6-5-7-12(8-11)13(17-15)16-9-19/h5-8,10,18-19H,9,15H2,1-4H3,(H,16,17)/t10-/m0/s1. The Bertz CT molecular complexity index is 474. The first kappa shape index (κ1) is 17.9. The molecule has 0 saturated heterocycles. The molecule has 0 bridgehead atoms. The van der Waals surface area contributed by atoms with Crippen LogP contribution in [-0.4, -0.2) is 23.3 Å². The number of nitrogens with two attached hydrogens (primary N) is 1. The Morgan fingerprint density at radius 2 is 2.19 bits per heavy atom. The van der Waals surface area contributed by atoms with Crippen LogP contribution in [0.3, 0.4) is 0 Å². The molecule has 0 aromatic heterocycles. The van der Waals surface area contributed by atoms with E-state index in [1.165, 1.54) is 12.2 Å². The fraction of sp³-hybridized carbons (Fsp3) is 0.500. The molecule has 0 unspecified atom stereocenters. The van der Waals surface area contributed by atoms with Crippen LogP contribution in [0.1, 0.15) is 44.9 Å². The number of nitrogens with one attached hydrogen (secondary N) is 2. The topological polar surface area (TPSA) is 91.9 Å². The maximum atomic E-state index is 8.88. The molecule has 1 aromatic carbocycles. The molecule has 0 fully saturated rings. The number of rotatable bonds is 6. The van der Waals surface area contributed by atoms with Crippen LogP contribution in [0.4, 0.5) is 0 Å². The van der Waals surface area contributed by atoms with Gasteiger partial charge in [0.05, 0.1) is 17.8 Å². The van der Waals surface area contributed by atoms with Crippen molar-refractivity contribution in [1.82, 2.24) is 10.1 Å². The van der Waals surface area contributed by atoms with Crippen LogP contribution in [0.2, 0.25) is 0 Å². The molecule has 21 heavy (non-hydrogen) atoms. The number of amidine groups is 1. The predicted molar refractivity (Wildman–Crippen MR) is 87.4 cm³/mol. The lowest BCUT2D eigenvalue weighted by molar-refractivity contribution is 0.162. The van der Waals surface area contributed by atoms with Crippen molar-refractivity contribution >= 4 is 18.1 Å². The average molecular weight is 312 g/mol. The molecule has 0 radical (unpaired) electrons. The second-order valence-corrected chi connectivity index (χ2v) is 6.11. The third-order valence-electron chi connectivity index (χ3n) is 2.54. The van der Waals surface area contributed by atoms with Gasteiger partial charge in [0.25, 0.3) is 0 Å². The van der Waals surface area contributed by atoms with E-state index in [9.17, 15) is 0 Å². The molecule has 0 amide bonds. The van der Waals surface area contributed by atoms with Gasteiger partial charge in [0.15, 0.2) is 0 Å². The number of hydrazine groups is 1. The summed E-state index contributed by atoms with van der Waals surface area (Å²) < 4.78 is 8.80. The zero-order chi connectivity index (χ0) is 15.9. The molecule has 1 rings (SSSR count). The first-order valence-electron chi connectivity index (χ1n) is 6.70. The van der Waals surface area contributed by atoms with Crippen molar-refractivity contribution in [1.29, 1.82) is 0 Å². The zero-order valence-corrected chi connectivity index (χ0v) is 13.7. The van der Waals surface area contributed by atoms with Gasteiger partial charge in [-0.2, -0.15) is 0 Å². The minimum Gasteiger partial charge on any atom is -0.374 e. The number of hydrogen-bond acceptors (Lipinski definition) is 6. The van der Waals surface area contributed by atoms with Gasteiger partial charge in [-0.3, -0.25) is 4.18 Å². The molecule has 0 aliphatic heterocycles. The summed E-state index contributed by atoms with van der Waals surface area (Å²) in [7, 11) is 0. The smallest absolute Gasteiger partial charge is 0.144 e. The van der Waals surface area contributed by atoms with E-state index >= 15 is 0 Å². The van der Waals surface area contributed by atoms with Gasteiger partial charge >= 0.3 is 0 Å². The molecule has 1 aromatic rings. The quantitative estimate of drug-likeness (QED) is 0.160. The van der Waals surface area contributed by atoms with Gasteiger partial charge in [-0.05, 0) is 39.3 Å². The van der Waals surface area contributed by atoms with Crippen LogP contribution in [0, 0.1) is 0 Å². The highest BCUT2D eigenvalue weighted by Crippen LogP contribution is 2.20. The normalized spacial score (nSPS) is 14.1. The second kappa shape index (κ2) is 8.35. The molecule has 0 aliphatic carbocycles. The Kier molecular flexibility index (Phi) is 7.13. The van der Waals surface area contributed by atoms with E-state index in [0.29, 0.717) is 5.84 Å². The number of aliphatic imine (C=N–C) groups is 1. The summed E-state index contributed by atoms with van der Waals surface area (Å²) in [5, 5.41) is 8.88. The monoisotopic (exact) mass is 312 g/mol. The molecular weight excluding hydrogens is 288 g/mol. The minimum atomic E-state index is -0.313. The van der Waals surface area contributed by atoms with Crippen molar-refractivity contribution in [3.8, 4) is 0 Å². The number of aliphatic hydroxyl groups excluding tert-OH is 1. The van der Waals surface area contributed by atoms with Gasteiger partial charge in [0.2, 0.25) is 0 Å². The molecule has 6 nitrogen and oxygen atoms in total. The lowest BCUT2D eigenvalue weighted by Gasteiger charge is -2.20. The Labute approximate surface area is 130 Å². The van der Waals surface area contributed by atoms with E-state index in [-0.39, 0.29) is 18.4 Å². The molecule has 0 spiro atoms. The summed E-state index contributed by atoms with van der Waals surface area (Å²) in [5.74, 6) is 5.86. The minimum absolute atomic E-state index is 0.0884. The third kappa shape index (κ3) is 6.45. The summed E-state index contributed by atoms with van der Waals surface area (Å²) in [6, 6.07) is 7.85. The number of aliphatic hydroxyl groups is 1. The van der Waals surface area contributed by atoms with Crippen molar-refractivity contribution in [2.24, 2.45) is 10.8 Å². The molecule has 118 valence electrons. The summed E-state index contributed by atoms with van der Waals surface area (Å²) in [5.41, 5.74) is 4.17. The van der Waals surface area contributed by atoms with E-state index in [4.69, 9.17) is 15.1 Å². The van der Waals surface area contributed by atoms with Crippen LogP contribution < -0.4 is 16.0 Å². The summed E-state index contributed by atoms with van der Waals surface area (Å²) in [6.07, 6.45) is 0. The molecule has 0 heterocycles. The Balaban J connectivity index is 2.73. The molecular formula is C14H24N4O2S. The van der Waals surface area contributed by atoms with Crippen LogP contribution in [0.5, 0.6) is 0 Å². The number of hydrogen-bond donors (Lipinski definition) is 4. The highest BCUT2D eigenvalue weighted by atomic mass is 32.2. The Morgan fingerprint density at radius 1 is 1.48 bits per heavy atom. The second-order valence-electron chi connectivity index (χ2n) is 5.54. The lowest BCUT2D eigenvalue weighted by atomic mass is 10.1. The number of nitrogens with zero attached hydrogens (tertiary/aromatic N) is 1. The van der Waals surface area contributed by atoms with Crippen molar-refractivity contribution in [2.45, 2.75) is 39.3 Å². The summed E-state index contributed by atoms with van der Waals surface area (Å²) in [6.45, 7) is 7.72. The fourth-order valence-corrected chi connectivity index (χ4v) is 2.11. The first-order chi connectivity index (χ1) is 9.87. The molecule has 5 N–H and O–H groups in total. The van der Waals surface area contributed by atoms with Crippen molar-refractivity contribution in [2.75, 3.05) is 6.73 Å². The molecule has 1 atom stereocenters. The predicted octanol–water partition coefficient (Wildman–Crippen LogP) is 1.88. The van der Waals surface area contributed by atoms with Gasteiger partial charge in [-0.1, -0.05) is 18.2 Å². The third-order valence-corrected chi connectivity index (χ3v) is 3.58. The van der Waals surface area contributed by atoms with Gasteiger partial charge in [0.1, 0.15) is 12.6 Å². The average Bonchev–Trinajstić information content (AvgIpc) is 2.43. The van der Waals surface area contributed by atoms with Crippen LogP contribution in [0.15, 0.2) is 29.3 Å². The maximum absolute atomic E-state index is 8.88. The van der Waals surface area contributed by atoms with Crippen molar-refractivity contribution < 1.29 is 9.29 Å². The van der Waals surface area contributed by atoms with E-state index < -0.39 is 0 Å². The van der Waals surface area contributed by atoms with Gasteiger partial charge in [0, 0.05) is 11.6 Å². The van der Waals surface area contributed by atoms with E-state index in [1.54, 1.807) is 0 Å². The van der Waals surface area contributed by atoms with Crippen molar-refractivity contribution in [3.63, 3.8) is 0 Å².